The second-order valence-corrected chi connectivity index (χ2v) is 3.94. The van der Waals surface area contributed by atoms with Gasteiger partial charge in [-0.05, 0) is 11.6 Å². The first-order valence-corrected chi connectivity index (χ1v) is 4.51. The van der Waals surface area contributed by atoms with Crippen LogP contribution in [-0.4, -0.2) is 15.8 Å². The van der Waals surface area contributed by atoms with Crippen LogP contribution in [0.15, 0.2) is 9.52 Å². The van der Waals surface area contributed by atoms with Crippen molar-refractivity contribution in [3.05, 3.63) is 19.6 Å². The Kier molecular flexibility index (Phi) is 5.61. The van der Waals surface area contributed by atoms with Gasteiger partial charge in [0.25, 0.3) is 0 Å². The lowest BCUT2D eigenvalue weighted by molar-refractivity contribution is -0.496. The van der Waals surface area contributed by atoms with Gasteiger partial charge in [-0.25, -0.2) is 0 Å². The lowest BCUT2D eigenvalue weighted by atomic mass is 10.4. The summed E-state index contributed by atoms with van der Waals surface area (Å²) in [5.41, 5.74) is -1.55. The molecule has 0 spiro atoms. The molecule has 0 aliphatic rings. The predicted octanol–water partition coefficient (Wildman–Crippen LogP) is 3.32. The normalized spacial score (nSPS) is 15.1. The molecule has 0 bridgehead atoms. The highest BCUT2D eigenvalue weighted by molar-refractivity contribution is 6.60. The number of alkyl halides is 2. The molecule has 0 aromatic rings. The molecule has 8 heteroatoms. The number of nitrogens with zero attached hydrogens (tertiary/aromatic N) is 1. The van der Waals surface area contributed by atoms with E-state index in [2.05, 4.69) is 0 Å². The molecular formula is C4H2Cl5NO2. The van der Waals surface area contributed by atoms with Gasteiger partial charge < -0.3 is 0 Å². The molecule has 0 saturated heterocycles. The molecule has 0 unspecified atom stereocenters. The lowest BCUT2D eigenvalue weighted by Gasteiger charge is -2.07. The molecular weight excluding hydrogens is 271 g/mol. The maximum atomic E-state index is 10.1. The summed E-state index contributed by atoms with van der Waals surface area (Å²) in [6.45, 7) is 0. The second kappa shape index (κ2) is 5.35. The van der Waals surface area contributed by atoms with Crippen molar-refractivity contribution in [1.82, 2.24) is 0 Å². The van der Waals surface area contributed by atoms with Crippen LogP contribution in [0.5, 0.6) is 0 Å². The third-order valence-corrected chi connectivity index (χ3v) is 3.00. The number of rotatable bonds is 3. The highest BCUT2D eigenvalue weighted by atomic mass is 35.5. The standard InChI is InChI=1S/C4H2Cl5NO2/c5-1(3(7)8)2(6)4(9)10(11)12/h2,4H/t2-,4-/m0/s1. The predicted molar refractivity (Wildman–Crippen MR) is 50.9 cm³/mol. The molecule has 0 fully saturated rings. The molecule has 12 heavy (non-hydrogen) atoms. The van der Waals surface area contributed by atoms with Gasteiger partial charge in [-0.15, -0.1) is 11.6 Å². The van der Waals surface area contributed by atoms with Crippen LogP contribution in [0.2, 0.25) is 0 Å². The first-order chi connectivity index (χ1) is 5.37. The van der Waals surface area contributed by atoms with E-state index in [-0.39, 0.29) is 9.52 Å². The zero-order chi connectivity index (χ0) is 9.89. The summed E-state index contributed by atoms with van der Waals surface area (Å²) in [6.07, 6.45) is 0. The minimum atomic E-state index is -1.55. The average molecular weight is 273 g/mol. The Morgan fingerprint density at radius 3 is 1.92 bits per heavy atom. The molecule has 0 aliphatic carbocycles. The second-order valence-electron chi connectivity index (χ2n) is 1.67. The van der Waals surface area contributed by atoms with Gasteiger partial charge in [0.05, 0.1) is 5.03 Å². The van der Waals surface area contributed by atoms with Crippen molar-refractivity contribution in [3.63, 3.8) is 0 Å². The van der Waals surface area contributed by atoms with Crippen molar-refractivity contribution in [3.8, 4) is 0 Å². The summed E-state index contributed by atoms with van der Waals surface area (Å²) < 4.78 is -0.329. The molecule has 0 N–H and O–H groups in total. The highest BCUT2D eigenvalue weighted by Gasteiger charge is 2.31. The van der Waals surface area contributed by atoms with Crippen LogP contribution in [0.25, 0.3) is 0 Å². The quantitative estimate of drug-likeness (QED) is 0.342. The number of hydrogen-bond acceptors (Lipinski definition) is 2. The first kappa shape index (κ1) is 12.6. The van der Waals surface area contributed by atoms with E-state index in [9.17, 15) is 10.1 Å². The number of nitro groups is 1. The minimum Gasteiger partial charge on any atom is -0.263 e. The molecule has 3 nitrogen and oxygen atoms in total. The summed E-state index contributed by atoms with van der Waals surface area (Å²) in [6, 6.07) is 0. The SMILES string of the molecule is O=[N+]([O-])[C@H](Cl)[C@@H](Cl)C(Cl)=C(Cl)Cl. The van der Waals surface area contributed by atoms with E-state index in [0.717, 1.165) is 0 Å². The van der Waals surface area contributed by atoms with E-state index in [1.807, 2.05) is 0 Å². The minimum absolute atomic E-state index is 0.239. The molecule has 2 atom stereocenters. The molecule has 0 radical (unpaired) electrons. The van der Waals surface area contributed by atoms with Gasteiger partial charge in [0, 0.05) is 4.92 Å². The molecule has 0 heterocycles. The largest absolute Gasteiger partial charge is 0.307 e. The van der Waals surface area contributed by atoms with Crippen molar-refractivity contribution >= 4 is 58.0 Å². The summed E-state index contributed by atoms with van der Waals surface area (Å²) in [7, 11) is 0. The van der Waals surface area contributed by atoms with E-state index >= 15 is 0 Å². The molecule has 0 amide bonds. The van der Waals surface area contributed by atoms with Crippen LogP contribution in [0.1, 0.15) is 0 Å². The Morgan fingerprint density at radius 1 is 1.25 bits per heavy atom. The summed E-state index contributed by atoms with van der Waals surface area (Å²) in [5, 5.41) is 8.62. The van der Waals surface area contributed by atoms with Gasteiger partial charge in [-0.3, -0.25) is 10.1 Å². The maximum absolute atomic E-state index is 10.1. The van der Waals surface area contributed by atoms with Crippen molar-refractivity contribution in [2.45, 2.75) is 10.9 Å². The van der Waals surface area contributed by atoms with Gasteiger partial charge >= 0.3 is 5.50 Å². The number of hydrogen-bond donors (Lipinski definition) is 0. The fourth-order valence-electron chi connectivity index (χ4n) is 0.332. The van der Waals surface area contributed by atoms with Crippen LogP contribution >= 0.6 is 58.0 Å². The third-order valence-electron chi connectivity index (χ3n) is 0.866. The Bertz CT molecular complexity index is 213. The molecule has 0 saturated carbocycles. The van der Waals surface area contributed by atoms with Crippen LogP contribution in [0.4, 0.5) is 0 Å². The average Bonchev–Trinajstić information content (AvgIpc) is 2.00. The van der Waals surface area contributed by atoms with Crippen LogP contribution in [0, 0.1) is 10.1 Å². The van der Waals surface area contributed by atoms with Gasteiger partial charge in [0.15, 0.2) is 5.38 Å². The maximum Gasteiger partial charge on any atom is 0.307 e. The molecule has 0 aliphatic heterocycles. The van der Waals surface area contributed by atoms with E-state index in [0.29, 0.717) is 0 Å². The summed E-state index contributed by atoms with van der Waals surface area (Å²) >= 11 is 26.5. The monoisotopic (exact) mass is 271 g/mol. The fraction of sp³-hybridized carbons (Fsp3) is 0.500. The Hall–Kier alpha value is 0.590. The molecule has 70 valence electrons. The summed E-state index contributed by atoms with van der Waals surface area (Å²) in [4.78, 5) is 9.30. The molecule has 0 aromatic heterocycles. The Labute approximate surface area is 93.3 Å². The van der Waals surface area contributed by atoms with Gasteiger partial charge in [-0.1, -0.05) is 34.8 Å². The zero-order valence-corrected chi connectivity index (χ0v) is 9.09. The Morgan fingerprint density at radius 2 is 1.67 bits per heavy atom. The topological polar surface area (TPSA) is 43.1 Å². The van der Waals surface area contributed by atoms with Gasteiger partial charge in [0.1, 0.15) is 4.49 Å². The third kappa shape index (κ3) is 3.54. The Balaban J connectivity index is 4.50. The molecule has 0 rings (SSSR count). The summed E-state index contributed by atoms with van der Waals surface area (Å²) in [5.74, 6) is 0. The number of halogens is 5. The van der Waals surface area contributed by atoms with E-state index in [1.165, 1.54) is 0 Å². The highest BCUT2D eigenvalue weighted by Crippen LogP contribution is 2.28. The van der Waals surface area contributed by atoms with E-state index in [4.69, 9.17) is 58.0 Å². The van der Waals surface area contributed by atoms with Crippen LogP contribution in [0.3, 0.4) is 0 Å². The lowest BCUT2D eigenvalue weighted by Crippen LogP contribution is -2.24. The smallest absolute Gasteiger partial charge is 0.263 e. The van der Waals surface area contributed by atoms with E-state index in [1.54, 1.807) is 0 Å². The fourth-order valence-corrected chi connectivity index (χ4v) is 1.19. The van der Waals surface area contributed by atoms with Crippen molar-refractivity contribution in [1.29, 1.82) is 0 Å². The van der Waals surface area contributed by atoms with E-state index < -0.39 is 15.8 Å². The molecule has 0 aromatic carbocycles. The van der Waals surface area contributed by atoms with Gasteiger partial charge in [0.2, 0.25) is 0 Å². The van der Waals surface area contributed by atoms with Crippen LogP contribution in [-0.2, 0) is 0 Å². The van der Waals surface area contributed by atoms with Gasteiger partial charge in [-0.2, -0.15) is 0 Å². The zero-order valence-electron chi connectivity index (χ0n) is 5.31. The first-order valence-electron chi connectivity index (χ1n) is 2.50. The van der Waals surface area contributed by atoms with Crippen molar-refractivity contribution in [2.24, 2.45) is 0 Å². The van der Waals surface area contributed by atoms with Crippen molar-refractivity contribution < 1.29 is 4.92 Å². The van der Waals surface area contributed by atoms with Crippen molar-refractivity contribution in [2.75, 3.05) is 0 Å². The van der Waals surface area contributed by atoms with Crippen LogP contribution < -0.4 is 0 Å².